The summed E-state index contributed by atoms with van der Waals surface area (Å²) in [5, 5.41) is 0. The Morgan fingerprint density at radius 2 is 2.25 bits per heavy atom. The lowest BCUT2D eigenvalue weighted by atomic mass is 10.2. The van der Waals surface area contributed by atoms with E-state index in [1.54, 1.807) is 7.11 Å². The molecule has 1 heterocycles. The molecule has 0 unspecified atom stereocenters. The Kier molecular flexibility index (Phi) is 3.98. The zero-order valence-electron chi connectivity index (χ0n) is 9.19. The van der Waals surface area contributed by atoms with Gasteiger partial charge in [0.1, 0.15) is 0 Å². The molecule has 0 spiro atoms. The number of benzene rings is 1. The van der Waals surface area contributed by atoms with Gasteiger partial charge >= 0.3 is 0 Å². The molecule has 1 aromatic carbocycles. The number of nitrogens with one attached hydrogen (secondary N) is 1. The maximum atomic E-state index is 5.37. The summed E-state index contributed by atoms with van der Waals surface area (Å²) in [6.45, 7) is 1.95. The van der Waals surface area contributed by atoms with Gasteiger partial charge in [0.2, 0.25) is 6.79 Å². The molecule has 2 rings (SSSR count). The molecule has 0 amide bonds. The van der Waals surface area contributed by atoms with Crippen molar-refractivity contribution in [3.05, 3.63) is 23.8 Å². The first kappa shape index (κ1) is 11.2. The molecule has 1 aromatic rings. The molecule has 16 heavy (non-hydrogen) atoms. The van der Waals surface area contributed by atoms with E-state index in [0.717, 1.165) is 17.1 Å². The van der Waals surface area contributed by atoms with Crippen LogP contribution in [0.3, 0.4) is 0 Å². The van der Waals surface area contributed by atoms with Gasteiger partial charge in [-0.3, -0.25) is 4.84 Å². The summed E-state index contributed by atoms with van der Waals surface area (Å²) in [7, 11) is 1.64. The highest BCUT2D eigenvalue weighted by Crippen LogP contribution is 2.35. The Bertz CT molecular complexity index is 343. The second kappa shape index (κ2) is 5.69. The highest BCUT2D eigenvalue weighted by atomic mass is 16.7. The first-order valence-corrected chi connectivity index (χ1v) is 5.13. The van der Waals surface area contributed by atoms with Gasteiger partial charge in [0, 0.05) is 19.2 Å². The summed E-state index contributed by atoms with van der Waals surface area (Å²) in [4.78, 5) is 5.17. The number of rotatable bonds is 6. The van der Waals surface area contributed by atoms with Gasteiger partial charge in [0.05, 0.1) is 13.2 Å². The maximum absolute atomic E-state index is 5.37. The minimum absolute atomic E-state index is 0.289. The summed E-state index contributed by atoms with van der Waals surface area (Å²) in [5.41, 5.74) is 3.87. The van der Waals surface area contributed by atoms with Crippen molar-refractivity contribution in [3.8, 4) is 11.5 Å². The van der Waals surface area contributed by atoms with Gasteiger partial charge in [-0.2, -0.15) is 5.48 Å². The smallest absolute Gasteiger partial charge is 0.231 e. The Balaban J connectivity index is 1.83. The Hall–Kier alpha value is -1.30. The van der Waals surface area contributed by atoms with Crippen LogP contribution in [0.5, 0.6) is 11.5 Å². The molecule has 0 saturated carbocycles. The van der Waals surface area contributed by atoms with E-state index in [2.05, 4.69) is 5.48 Å². The largest absolute Gasteiger partial charge is 0.454 e. The van der Waals surface area contributed by atoms with Gasteiger partial charge in [-0.25, -0.2) is 0 Å². The van der Waals surface area contributed by atoms with E-state index in [9.17, 15) is 0 Å². The maximum Gasteiger partial charge on any atom is 0.231 e. The van der Waals surface area contributed by atoms with Crippen molar-refractivity contribution in [1.29, 1.82) is 0 Å². The zero-order chi connectivity index (χ0) is 11.2. The van der Waals surface area contributed by atoms with Crippen LogP contribution in [-0.2, 0) is 16.1 Å². The van der Waals surface area contributed by atoms with Crippen molar-refractivity contribution >= 4 is 0 Å². The molecule has 88 valence electrons. The van der Waals surface area contributed by atoms with E-state index in [4.69, 9.17) is 19.0 Å². The van der Waals surface area contributed by atoms with Crippen molar-refractivity contribution in [3.63, 3.8) is 0 Å². The highest BCUT2D eigenvalue weighted by Gasteiger charge is 2.16. The van der Waals surface area contributed by atoms with Crippen molar-refractivity contribution in [2.75, 3.05) is 27.1 Å². The third kappa shape index (κ3) is 2.63. The fourth-order valence-corrected chi connectivity index (χ4v) is 1.46. The van der Waals surface area contributed by atoms with Crippen molar-refractivity contribution in [2.45, 2.75) is 6.54 Å². The van der Waals surface area contributed by atoms with E-state index in [1.165, 1.54) is 0 Å². The normalized spacial score (nSPS) is 13.1. The topological polar surface area (TPSA) is 49.0 Å². The molecule has 0 aliphatic carbocycles. The van der Waals surface area contributed by atoms with E-state index in [0.29, 0.717) is 19.8 Å². The first-order chi connectivity index (χ1) is 7.92. The number of hydrogen-bond donors (Lipinski definition) is 1. The molecule has 5 heteroatoms. The molecular weight excluding hydrogens is 210 g/mol. The number of fused-ring (bicyclic) bond motifs is 1. The first-order valence-electron chi connectivity index (χ1n) is 5.13. The molecular formula is C11H15NO4. The van der Waals surface area contributed by atoms with E-state index in [1.807, 2.05) is 18.2 Å². The van der Waals surface area contributed by atoms with Crippen LogP contribution < -0.4 is 15.0 Å². The van der Waals surface area contributed by atoms with Crippen molar-refractivity contribution < 1.29 is 19.0 Å². The molecule has 0 radical (unpaired) electrons. The standard InChI is InChI=1S/C11H15NO4/c1-13-5-6-16-12-7-9-3-2-4-10-11(9)15-8-14-10/h2-4,12H,5-8H2,1H3. The minimum atomic E-state index is 0.289. The SMILES string of the molecule is COCCONCc1cccc2c1OCO2. The number of hydrogen-bond acceptors (Lipinski definition) is 5. The van der Waals surface area contributed by atoms with Gasteiger partial charge in [-0.1, -0.05) is 12.1 Å². The summed E-state index contributed by atoms with van der Waals surface area (Å²) in [6.07, 6.45) is 0. The molecule has 0 fully saturated rings. The summed E-state index contributed by atoms with van der Waals surface area (Å²) < 4.78 is 15.5. The van der Waals surface area contributed by atoms with Crippen LogP contribution in [0.4, 0.5) is 0 Å². The molecule has 0 bridgehead atoms. The average molecular weight is 225 g/mol. The number of ether oxygens (including phenoxy) is 3. The molecule has 1 aliphatic heterocycles. The monoisotopic (exact) mass is 225 g/mol. The van der Waals surface area contributed by atoms with Crippen LogP contribution in [0.1, 0.15) is 5.56 Å². The molecule has 1 N–H and O–H groups in total. The van der Waals surface area contributed by atoms with Crippen LogP contribution in [-0.4, -0.2) is 27.1 Å². The summed E-state index contributed by atoms with van der Waals surface area (Å²) in [6, 6.07) is 5.79. The highest BCUT2D eigenvalue weighted by molar-refractivity contribution is 5.47. The molecule has 0 saturated heterocycles. The van der Waals surface area contributed by atoms with E-state index in [-0.39, 0.29) is 6.79 Å². The van der Waals surface area contributed by atoms with Crippen LogP contribution in [0.2, 0.25) is 0 Å². The van der Waals surface area contributed by atoms with Gasteiger partial charge in [-0.15, -0.1) is 0 Å². The second-order valence-electron chi connectivity index (χ2n) is 3.31. The van der Waals surface area contributed by atoms with Gasteiger partial charge in [-0.05, 0) is 6.07 Å². The second-order valence-corrected chi connectivity index (χ2v) is 3.31. The Labute approximate surface area is 94.2 Å². The van der Waals surface area contributed by atoms with E-state index >= 15 is 0 Å². The lowest BCUT2D eigenvalue weighted by molar-refractivity contribution is 0.00318. The van der Waals surface area contributed by atoms with Crippen molar-refractivity contribution in [2.24, 2.45) is 0 Å². The van der Waals surface area contributed by atoms with Crippen LogP contribution >= 0.6 is 0 Å². The third-order valence-corrected chi connectivity index (χ3v) is 2.23. The van der Waals surface area contributed by atoms with Crippen LogP contribution in [0, 0.1) is 0 Å². The predicted molar refractivity (Wildman–Crippen MR) is 57.2 cm³/mol. The summed E-state index contributed by atoms with van der Waals surface area (Å²) >= 11 is 0. The lowest BCUT2D eigenvalue weighted by Crippen LogP contribution is -2.17. The number of methoxy groups -OCH3 is 1. The lowest BCUT2D eigenvalue weighted by Gasteiger charge is -2.07. The van der Waals surface area contributed by atoms with Gasteiger partial charge in [0.25, 0.3) is 0 Å². The van der Waals surface area contributed by atoms with E-state index < -0.39 is 0 Å². The molecule has 1 aliphatic rings. The average Bonchev–Trinajstić information content (AvgIpc) is 2.77. The quantitative estimate of drug-likeness (QED) is 0.580. The zero-order valence-corrected chi connectivity index (χ0v) is 9.19. The van der Waals surface area contributed by atoms with Crippen molar-refractivity contribution in [1.82, 2.24) is 5.48 Å². The van der Waals surface area contributed by atoms with Crippen LogP contribution in [0.25, 0.3) is 0 Å². The van der Waals surface area contributed by atoms with Gasteiger partial charge in [0.15, 0.2) is 11.5 Å². The predicted octanol–water partition coefficient (Wildman–Crippen LogP) is 1.08. The Morgan fingerprint density at radius 3 is 3.12 bits per heavy atom. The fraction of sp³-hybridized carbons (Fsp3) is 0.455. The Morgan fingerprint density at radius 1 is 1.31 bits per heavy atom. The molecule has 0 aromatic heterocycles. The van der Waals surface area contributed by atoms with Crippen LogP contribution in [0.15, 0.2) is 18.2 Å². The number of para-hydroxylation sites is 1. The molecule has 0 atom stereocenters. The summed E-state index contributed by atoms with van der Waals surface area (Å²) in [5.74, 6) is 1.58. The number of hydroxylamine groups is 1. The minimum Gasteiger partial charge on any atom is -0.454 e. The third-order valence-electron chi connectivity index (χ3n) is 2.23. The molecule has 5 nitrogen and oxygen atoms in total. The van der Waals surface area contributed by atoms with Gasteiger partial charge < -0.3 is 14.2 Å². The fourth-order valence-electron chi connectivity index (χ4n) is 1.46.